The van der Waals surface area contributed by atoms with Crippen molar-refractivity contribution in [1.82, 2.24) is 5.32 Å². The number of carbonyl (C=O) groups excluding carboxylic acids is 1. The Labute approximate surface area is 100 Å². The lowest BCUT2D eigenvalue weighted by molar-refractivity contribution is 0.0930. The molecule has 0 bridgehead atoms. The van der Waals surface area contributed by atoms with E-state index in [0.29, 0.717) is 0 Å². The molecule has 86 valence electrons. The summed E-state index contributed by atoms with van der Waals surface area (Å²) in [6, 6.07) is 2.59. The molecule has 1 fully saturated rings. The molecule has 0 aliphatic heterocycles. The molecule has 0 heterocycles. The van der Waals surface area contributed by atoms with Crippen molar-refractivity contribution in [2.24, 2.45) is 0 Å². The average Bonchev–Trinajstić information content (AvgIpc) is 2.92. The second-order valence-electron chi connectivity index (χ2n) is 4.24. The maximum Gasteiger partial charge on any atom is 0.254 e. The van der Waals surface area contributed by atoms with Gasteiger partial charge < -0.3 is 5.32 Å². The van der Waals surface area contributed by atoms with Crippen molar-refractivity contribution >= 4 is 21.8 Å². The number of hydrogen-bond donors (Lipinski definition) is 1. The Balaban J connectivity index is 2.26. The first-order valence-electron chi connectivity index (χ1n) is 4.89. The van der Waals surface area contributed by atoms with Crippen molar-refractivity contribution in [2.75, 3.05) is 0 Å². The fraction of sp³-hybridized carbons (Fsp3) is 0.364. The van der Waals surface area contributed by atoms with Crippen molar-refractivity contribution in [3.8, 4) is 0 Å². The number of hydrogen-bond acceptors (Lipinski definition) is 1. The zero-order valence-corrected chi connectivity index (χ0v) is 10.2. The van der Waals surface area contributed by atoms with Gasteiger partial charge in [0.1, 0.15) is 0 Å². The van der Waals surface area contributed by atoms with Gasteiger partial charge in [0.25, 0.3) is 5.91 Å². The molecule has 1 aliphatic carbocycles. The summed E-state index contributed by atoms with van der Waals surface area (Å²) >= 11 is 2.86. The third kappa shape index (κ3) is 2.09. The van der Waals surface area contributed by atoms with Crippen LogP contribution in [0.4, 0.5) is 8.78 Å². The molecule has 16 heavy (non-hydrogen) atoms. The molecule has 0 atom stereocenters. The highest BCUT2D eigenvalue weighted by molar-refractivity contribution is 9.10. The lowest BCUT2D eigenvalue weighted by Crippen LogP contribution is -2.34. The number of benzene rings is 1. The van der Waals surface area contributed by atoms with Gasteiger partial charge in [-0.1, -0.05) is 0 Å². The van der Waals surface area contributed by atoms with E-state index in [1.165, 1.54) is 12.1 Å². The highest BCUT2D eigenvalue weighted by Gasteiger charge is 2.39. The summed E-state index contributed by atoms with van der Waals surface area (Å²) < 4.78 is 26.7. The normalized spacial score (nSPS) is 17.0. The molecule has 5 heteroatoms. The van der Waals surface area contributed by atoms with Crippen LogP contribution in [-0.4, -0.2) is 11.4 Å². The molecule has 0 radical (unpaired) electrons. The monoisotopic (exact) mass is 289 g/mol. The van der Waals surface area contributed by atoms with E-state index in [0.717, 1.165) is 12.8 Å². The van der Waals surface area contributed by atoms with Gasteiger partial charge in [0.15, 0.2) is 11.6 Å². The fourth-order valence-electron chi connectivity index (χ4n) is 1.36. The number of carbonyl (C=O) groups is 1. The molecule has 0 unspecified atom stereocenters. The van der Waals surface area contributed by atoms with Crippen LogP contribution in [0.3, 0.4) is 0 Å². The summed E-state index contributed by atoms with van der Waals surface area (Å²) in [6.45, 7) is 1.87. The zero-order chi connectivity index (χ0) is 11.9. The van der Waals surface area contributed by atoms with Crippen LogP contribution in [0.15, 0.2) is 16.6 Å². The minimum Gasteiger partial charge on any atom is -0.347 e. The van der Waals surface area contributed by atoms with E-state index >= 15 is 0 Å². The summed E-state index contributed by atoms with van der Waals surface area (Å²) in [7, 11) is 0. The van der Waals surface area contributed by atoms with E-state index in [4.69, 9.17) is 0 Å². The minimum absolute atomic E-state index is 0.0131. The maximum absolute atomic E-state index is 13.4. The molecule has 1 aliphatic rings. The van der Waals surface area contributed by atoms with E-state index in [-0.39, 0.29) is 15.6 Å². The average molecular weight is 290 g/mol. The van der Waals surface area contributed by atoms with E-state index in [1.54, 1.807) is 0 Å². The third-order valence-electron chi connectivity index (χ3n) is 2.70. The van der Waals surface area contributed by atoms with E-state index in [1.807, 2.05) is 6.92 Å². The maximum atomic E-state index is 13.4. The number of rotatable bonds is 2. The van der Waals surface area contributed by atoms with Gasteiger partial charge in [-0.05, 0) is 47.8 Å². The molecule has 0 aromatic heterocycles. The van der Waals surface area contributed by atoms with Crippen molar-refractivity contribution in [2.45, 2.75) is 25.3 Å². The van der Waals surface area contributed by atoms with Crippen LogP contribution in [0.5, 0.6) is 0 Å². The lowest BCUT2D eigenvalue weighted by atomic mass is 10.1. The Morgan fingerprint density at radius 3 is 2.56 bits per heavy atom. The van der Waals surface area contributed by atoms with Crippen LogP contribution in [0.1, 0.15) is 30.1 Å². The van der Waals surface area contributed by atoms with Gasteiger partial charge in [0.2, 0.25) is 0 Å². The van der Waals surface area contributed by atoms with Gasteiger partial charge in [-0.15, -0.1) is 0 Å². The summed E-state index contributed by atoms with van der Waals surface area (Å²) in [5.41, 5.74) is -0.499. The number of halogens is 3. The Kier molecular flexibility index (Phi) is 2.74. The first-order valence-corrected chi connectivity index (χ1v) is 5.68. The van der Waals surface area contributed by atoms with Crippen molar-refractivity contribution in [1.29, 1.82) is 0 Å². The molecule has 1 aromatic carbocycles. The molecular formula is C11H10BrF2NO. The lowest BCUT2D eigenvalue weighted by Gasteiger charge is -2.12. The smallest absolute Gasteiger partial charge is 0.254 e. The Bertz CT molecular complexity index is 458. The zero-order valence-electron chi connectivity index (χ0n) is 8.61. The Morgan fingerprint density at radius 1 is 1.38 bits per heavy atom. The summed E-state index contributed by atoms with van der Waals surface area (Å²) in [4.78, 5) is 11.7. The van der Waals surface area contributed by atoms with Gasteiger partial charge >= 0.3 is 0 Å². The Hall–Kier alpha value is -0.970. The van der Waals surface area contributed by atoms with Crippen LogP contribution >= 0.6 is 15.9 Å². The fourth-order valence-corrected chi connectivity index (χ4v) is 1.66. The molecule has 0 spiro atoms. The summed E-state index contributed by atoms with van der Waals surface area (Å²) in [5.74, 6) is -2.71. The molecule has 1 aromatic rings. The summed E-state index contributed by atoms with van der Waals surface area (Å²) in [5, 5.41) is 2.67. The minimum atomic E-state index is -1.11. The largest absolute Gasteiger partial charge is 0.347 e. The highest BCUT2D eigenvalue weighted by Crippen LogP contribution is 2.34. The van der Waals surface area contributed by atoms with Crippen molar-refractivity contribution in [3.05, 3.63) is 33.8 Å². The topological polar surface area (TPSA) is 29.1 Å². The van der Waals surface area contributed by atoms with Gasteiger partial charge in [-0.2, -0.15) is 0 Å². The second kappa shape index (κ2) is 3.80. The third-order valence-corrected chi connectivity index (χ3v) is 3.31. The quantitative estimate of drug-likeness (QED) is 0.833. The van der Waals surface area contributed by atoms with Crippen molar-refractivity contribution in [3.63, 3.8) is 0 Å². The molecule has 2 rings (SSSR count). The van der Waals surface area contributed by atoms with E-state index in [9.17, 15) is 13.6 Å². The second-order valence-corrected chi connectivity index (χ2v) is 5.09. The first-order chi connectivity index (χ1) is 7.43. The van der Waals surface area contributed by atoms with Crippen LogP contribution in [-0.2, 0) is 0 Å². The van der Waals surface area contributed by atoms with Crippen LogP contribution in [0.25, 0.3) is 0 Å². The number of amides is 1. The van der Waals surface area contributed by atoms with Crippen LogP contribution < -0.4 is 5.32 Å². The van der Waals surface area contributed by atoms with Gasteiger partial charge in [0.05, 0.1) is 10.0 Å². The first kappa shape index (κ1) is 11.5. The predicted molar refractivity (Wildman–Crippen MR) is 59.2 cm³/mol. The van der Waals surface area contributed by atoms with E-state index in [2.05, 4.69) is 21.2 Å². The van der Waals surface area contributed by atoms with Gasteiger partial charge in [0, 0.05) is 5.54 Å². The molecule has 1 N–H and O–H groups in total. The molecule has 2 nitrogen and oxygen atoms in total. The molecule has 1 saturated carbocycles. The molecular weight excluding hydrogens is 280 g/mol. The van der Waals surface area contributed by atoms with Crippen LogP contribution in [0.2, 0.25) is 0 Å². The van der Waals surface area contributed by atoms with Crippen molar-refractivity contribution < 1.29 is 13.6 Å². The van der Waals surface area contributed by atoms with E-state index < -0.39 is 17.5 Å². The van der Waals surface area contributed by atoms with Gasteiger partial charge in [-0.3, -0.25) is 4.79 Å². The SMILES string of the molecule is CC1(NC(=O)c2ccc(Br)c(F)c2F)CC1. The molecule has 0 saturated heterocycles. The standard InChI is InChI=1S/C11H10BrF2NO/c1-11(4-5-11)15-10(16)6-2-3-7(12)9(14)8(6)13/h2-3H,4-5H2,1H3,(H,15,16). The Morgan fingerprint density at radius 2 is 2.00 bits per heavy atom. The molecule has 1 amide bonds. The number of nitrogens with one attached hydrogen (secondary N) is 1. The highest BCUT2D eigenvalue weighted by atomic mass is 79.9. The summed E-state index contributed by atoms with van der Waals surface area (Å²) in [6.07, 6.45) is 1.75. The van der Waals surface area contributed by atoms with Crippen LogP contribution in [0, 0.1) is 11.6 Å². The van der Waals surface area contributed by atoms with Gasteiger partial charge in [-0.25, -0.2) is 8.78 Å². The predicted octanol–water partition coefficient (Wildman–Crippen LogP) is 3.01.